The first-order valence-corrected chi connectivity index (χ1v) is 7.30. The summed E-state index contributed by atoms with van der Waals surface area (Å²) in [4.78, 5) is 8.87. The molecule has 1 heterocycles. The van der Waals surface area contributed by atoms with Gasteiger partial charge >= 0.3 is 0 Å². The quantitative estimate of drug-likeness (QED) is 0.842. The van der Waals surface area contributed by atoms with Crippen molar-refractivity contribution in [1.82, 2.24) is 9.97 Å². The fraction of sp³-hybridized carbons (Fsp3) is 0.375. The summed E-state index contributed by atoms with van der Waals surface area (Å²) < 4.78 is 5.35. The SMILES string of the molecule is COc1ccccc1CNc1nc(C(C)C)nc(Cl)c1C. The molecule has 4 nitrogen and oxygen atoms in total. The molecule has 1 aromatic carbocycles. The van der Waals surface area contributed by atoms with Crippen LogP contribution >= 0.6 is 11.6 Å². The summed E-state index contributed by atoms with van der Waals surface area (Å²) in [6.45, 7) is 6.63. The fourth-order valence-electron chi connectivity index (χ4n) is 1.96. The molecular formula is C16H20ClN3O. The molecule has 0 aliphatic carbocycles. The van der Waals surface area contributed by atoms with Crippen LogP contribution < -0.4 is 10.1 Å². The Hall–Kier alpha value is -1.81. The van der Waals surface area contributed by atoms with Crippen LogP contribution in [0.4, 0.5) is 5.82 Å². The molecule has 112 valence electrons. The number of anilines is 1. The van der Waals surface area contributed by atoms with Gasteiger partial charge in [0.1, 0.15) is 22.5 Å². The number of nitrogens with one attached hydrogen (secondary N) is 1. The van der Waals surface area contributed by atoms with Crippen molar-refractivity contribution in [2.75, 3.05) is 12.4 Å². The van der Waals surface area contributed by atoms with Crippen molar-refractivity contribution >= 4 is 17.4 Å². The molecule has 21 heavy (non-hydrogen) atoms. The summed E-state index contributed by atoms with van der Waals surface area (Å²) in [5.41, 5.74) is 1.93. The van der Waals surface area contributed by atoms with Gasteiger partial charge in [-0.05, 0) is 13.0 Å². The lowest BCUT2D eigenvalue weighted by atomic mass is 10.2. The Morgan fingerprint density at radius 2 is 1.95 bits per heavy atom. The third kappa shape index (κ3) is 3.64. The molecule has 2 aromatic rings. The van der Waals surface area contributed by atoms with Crippen molar-refractivity contribution in [3.05, 3.63) is 46.4 Å². The summed E-state index contributed by atoms with van der Waals surface area (Å²) in [5.74, 6) is 2.60. The maximum atomic E-state index is 6.19. The van der Waals surface area contributed by atoms with Crippen LogP contribution in [0.5, 0.6) is 5.75 Å². The highest BCUT2D eigenvalue weighted by Crippen LogP contribution is 2.24. The van der Waals surface area contributed by atoms with Crippen LogP contribution in [-0.4, -0.2) is 17.1 Å². The number of hydrogen-bond acceptors (Lipinski definition) is 4. The minimum atomic E-state index is 0.231. The van der Waals surface area contributed by atoms with Crippen molar-refractivity contribution < 1.29 is 4.74 Å². The van der Waals surface area contributed by atoms with E-state index in [9.17, 15) is 0 Å². The highest BCUT2D eigenvalue weighted by molar-refractivity contribution is 6.30. The Labute approximate surface area is 130 Å². The average Bonchev–Trinajstić information content (AvgIpc) is 2.48. The molecule has 0 radical (unpaired) electrons. The van der Waals surface area contributed by atoms with Crippen molar-refractivity contribution in [3.63, 3.8) is 0 Å². The zero-order chi connectivity index (χ0) is 15.4. The minimum absolute atomic E-state index is 0.231. The Morgan fingerprint density at radius 3 is 2.62 bits per heavy atom. The molecule has 0 bridgehead atoms. The van der Waals surface area contributed by atoms with Gasteiger partial charge in [0.15, 0.2) is 0 Å². The maximum Gasteiger partial charge on any atom is 0.137 e. The lowest BCUT2D eigenvalue weighted by Gasteiger charge is -2.14. The second-order valence-corrected chi connectivity index (χ2v) is 5.52. The van der Waals surface area contributed by atoms with Gasteiger partial charge in [0.25, 0.3) is 0 Å². The number of ether oxygens (including phenoxy) is 1. The smallest absolute Gasteiger partial charge is 0.137 e. The molecule has 0 amide bonds. The van der Waals surface area contributed by atoms with E-state index in [0.717, 1.165) is 28.5 Å². The Bertz CT molecular complexity index is 629. The van der Waals surface area contributed by atoms with E-state index in [4.69, 9.17) is 16.3 Å². The number of hydrogen-bond donors (Lipinski definition) is 1. The van der Waals surface area contributed by atoms with E-state index in [2.05, 4.69) is 15.3 Å². The maximum absolute atomic E-state index is 6.19. The van der Waals surface area contributed by atoms with Crippen LogP contribution in [0.25, 0.3) is 0 Å². The lowest BCUT2D eigenvalue weighted by molar-refractivity contribution is 0.410. The van der Waals surface area contributed by atoms with Gasteiger partial charge < -0.3 is 10.1 Å². The highest BCUT2D eigenvalue weighted by Gasteiger charge is 2.12. The molecule has 0 fully saturated rings. The molecule has 0 saturated heterocycles. The van der Waals surface area contributed by atoms with Crippen LogP contribution in [0.1, 0.15) is 36.7 Å². The van der Waals surface area contributed by atoms with Gasteiger partial charge in [0, 0.05) is 23.6 Å². The van der Waals surface area contributed by atoms with Crippen molar-refractivity contribution in [3.8, 4) is 5.75 Å². The molecule has 0 unspecified atom stereocenters. The fourth-order valence-corrected chi connectivity index (χ4v) is 2.14. The van der Waals surface area contributed by atoms with Gasteiger partial charge in [-0.2, -0.15) is 0 Å². The predicted molar refractivity (Wildman–Crippen MR) is 86.2 cm³/mol. The third-order valence-electron chi connectivity index (χ3n) is 3.26. The first kappa shape index (κ1) is 15.6. The predicted octanol–water partition coefficient (Wildman–Crippen LogP) is 4.18. The summed E-state index contributed by atoms with van der Waals surface area (Å²) in [6.07, 6.45) is 0. The summed E-state index contributed by atoms with van der Waals surface area (Å²) in [6, 6.07) is 7.90. The summed E-state index contributed by atoms with van der Waals surface area (Å²) in [5, 5.41) is 3.82. The van der Waals surface area contributed by atoms with Gasteiger partial charge in [-0.15, -0.1) is 0 Å². The van der Waals surface area contributed by atoms with E-state index in [1.165, 1.54) is 0 Å². The van der Waals surface area contributed by atoms with Gasteiger partial charge in [0.2, 0.25) is 0 Å². The topological polar surface area (TPSA) is 47.0 Å². The highest BCUT2D eigenvalue weighted by atomic mass is 35.5. The number of aromatic nitrogens is 2. The van der Waals surface area contributed by atoms with Gasteiger partial charge in [0.05, 0.1) is 7.11 Å². The average molecular weight is 306 g/mol. The van der Waals surface area contributed by atoms with E-state index in [-0.39, 0.29) is 5.92 Å². The third-order valence-corrected chi connectivity index (χ3v) is 3.63. The molecule has 5 heteroatoms. The van der Waals surface area contributed by atoms with Gasteiger partial charge in [-0.3, -0.25) is 0 Å². The summed E-state index contributed by atoms with van der Waals surface area (Å²) >= 11 is 6.19. The Balaban J connectivity index is 2.23. The zero-order valence-corrected chi connectivity index (χ0v) is 13.5. The number of benzene rings is 1. The number of halogens is 1. The monoisotopic (exact) mass is 305 g/mol. The normalized spacial score (nSPS) is 10.8. The van der Waals surface area contributed by atoms with Gasteiger partial charge in [-0.1, -0.05) is 43.6 Å². The first-order chi connectivity index (χ1) is 10.0. The summed E-state index contributed by atoms with van der Waals surface area (Å²) in [7, 11) is 1.67. The van der Waals surface area contributed by atoms with Gasteiger partial charge in [-0.25, -0.2) is 9.97 Å². The van der Waals surface area contributed by atoms with Crippen LogP contribution in [0.3, 0.4) is 0 Å². The van der Waals surface area contributed by atoms with E-state index < -0.39 is 0 Å². The molecule has 0 saturated carbocycles. The van der Waals surface area contributed by atoms with E-state index in [1.54, 1.807) is 7.11 Å². The Morgan fingerprint density at radius 1 is 1.24 bits per heavy atom. The standard InChI is InChI=1S/C16H20ClN3O/c1-10(2)15-19-14(17)11(3)16(20-15)18-9-12-7-5-6-8-13(12)21-4/h5-8,10H,9H2,1-4H3,(H,18,19,20). The second kappa shape index (κ2) is 6.76. The van der Waals surface area contributed by atoms with Crippen LogP contribution in [0.2, 0.25) is 5.15 Å². The molecule has 0 aliphatic rings. The molecule has 0 atom stereocenters. The largest absolute Gasteiger partial charge is 0.496 e. The zero-order valence-electron chi connectivity index (χ0n) is 12.8. The van der Waals surface area contributed by atoms with Crippen molar-refractivity contribution in [1.29, 1.82) is 0 Å². The molecule has 0 aliphatic heterocycles. The lowest BCUT2D eigenvalue weighted by Crippen LogP contribution is -2.08. The molecule has 1 N–H and O–H groups in total. The number of nitrogens with zero attached hydrogens (tertiary/aromatic N) is 2. The van der Waals surface area contributed by atoms with Crippen molar-refractivity contribution in [2.45, 2.75) is 33.2 Å². The molecule has 1 aromatic heterocycles. The van der Waals surface area contributed by atoms with Crippen LogP contribution in [0, 0.1) is 6.92 Å². The first-order valence-electron chi connectivity index (χ1n) is 6.92. The van der Waals surface area contributed by atoms with Crippen LogP contribution in [-0.2, 0) is 6.54 Å². The number of rotatable bonds is 5. The number of para-hydroxylation sites is 1. The van der Waals surface area contributed by atoms with Crippen LogP contribution in [0.15, 0.2) is 24.3 Å². The number of methoxy groups -OCH3 is 1. The molecule has 2 rings (SSSR count). The minimum Gasteiger partial charge on any atom is -0.496 e. The Kier molecular flexibility index (Phi) is 5.02. The molecular weight excluding hydrogens is 286 g/mol. The second-order valence-electron chi connectivity index (χ2n) is 5.17. The molecule has 0 spiro atoms. The van der Waals surface area contributed by atoms with E-state index >= 15 is 0 Å². The van der Waals surface area contributed by atoms with E-state index in [0.29, 0.717) is 11.7 Å². The van der Waals surface area contributed by atoms with Crippen molar-refractivity contribution in [2.24, 2.45) is 0 Å². The van der Waals surface area contributed by atoms with E-state index in [1.807, 2.05) is 45.0 Å².